The van der Waals surface area contributed by atoms with E-state index in [9.17, 15) is 19.1 Å². The minimum Gasteiger partial charge on any atom is -0.454 e. The zero-order valence-corrected chi connectivity index (χ0v) is 18.0. The zero-order valence-electron chi connectivity index (χ0n) is 17.1. The van der Waals surface area contributed by atoms with Crippen LogP contribution in [0.5, 0.6) is 11.5 Å². The van der Waals surface area contributed by atoms with E-state index < -0.39 is 13.1 Å². The monoisotopic (exact) mass is 467 g/mol. The van der Waals surface area contributed by atoms with Gasteiger partial charge in [0.25, 0.3) is 0 Å². The van der Waals surface area contributed by atoms with Crippen molar-refractivity contribution < 1.29 is 33.0 Å². The lowest BCUT2D eigenvalue weighted by molar-refractivity contribution is -0.117. The number of amides is 1. The summed E-state index contributed by atoms with van der Waals surface area (Å²) in [6, 6.07) is 11.9. The summed E-state index contributed by atoms with van der Waals surface area (Å²) in [7, 11) is -4.54. The topological polar surface area (TPSA) is 136 Å². The molecule has 10 nitrogen and oxygen atoms in total. The van der Waals surface area contributed by atoms with Crippen LogP contribution in [0.3, 0.4) is 0 Å². The van der Waals surface area contributed by atoms with Gasteiger partial charge in [-0.3, -0.25) is 13.8 Å². The van der Waals surface area contributed by atoms with Crippen LogP contribution >= 0.6 is 7.60 Å². The Morgan fingerprint density at radius 3 is 2.76 bits per heavy atom. The summed E-state index contributed by atoms with van der Waals surface area (Å²) in [6.45, 7) is 0.0183. The Balaban J connectivity index is 1.45. The summed E-state index contributed by atoms with van der Waals surface area (Å²) >= 11 is 0. The standard InChI is InChI=1S/C22H18N3O7P/c26-22(12-4-5-12)24-18-10-25-15(2-1-3-19(25)23-18)13-8-14(21-17(9-13)30-11-31-21)16-6-7-20(32-16)33(27,28)29/h1-3,6-10,12H,4-5,11H2,(H,24,26)(H2,27,28,29). The number of nitrogens with zero attached hydrogens (tertiary/aromatic N) is 2. The molecule has 0 spiro atoms. The van der Waals surface area contributed by atoms with Crippen molar-refractivity contribution in [3.63, 3.8) is 0 Å². The predicted octanol–water partition coefficient (Wildman–Crippen LogP) is 3.14. The Labute approximate surface area is 186 Å². The number of anilines is 1. The highest BCUT2D eigenvalue weighted by molar-refractivity contribution is 7.59. The number of carbonyl (C=O) groups is 1. The maximum Gasteiger partial charge on any atom is 0.391 e. The molecule has 1 fully saturated rings. The molecule has 1 aromatic carbocycles. The maximum atomic E-state index is 12.2. The Morgan fingerprint density at radius 1 is 1.15 bits per heavy atom. The van der Waals surface area contributed by atoms with Crippen LogP contribution in [-0.2, 0) is 9.36 Å². The lowest BCUT2D eigenvalue weighted by Gasteiger charge is -2.10. The van der Waals surface area contributed by atoms with Crippen molar-refractivity contribution in [3.05, 3.63) is 48.7 Å². The molecule has 2 aliphatic rings. The molecular weight excluding hydrogens is 449 g/mol. The molecule has 0 bridgehead atoms. The van der Waals surface area contributed by atoms with Crippen molar-refractivity contribution in [2.45, 2.75) is 12.8 Å². The van der Waals surface area contributed by atoms with Gasteiger partial charge < -0.3 is 29.0 Å². The molecular formula is C22H18N3O7P. The average Bonchev–Trinajstić information content (AvgIpc) is 3.16. The molecule has 1 aliphatic carbocycles. The third-order valence-corrected chi connectivity index (χ3v) is 6.42. The lowest BCUT2D eigenvalue weighted by atomic mass is 10.0. The van der Waals surface area contributed by atoms with Crippen LogP contribution in [0.4, 0.5) is 5.82 Å². The number of benzene rings is 1. The number of pyridine rings is 1. The van der Waals surface area contributed by atoms with E-state index in [1.54, 1.807) is 12.3 Å². The minimum absolute atomic E-state index is 0.0183. The molecule has 0 unspecified atom stereocenters. The number of fused-ring (bicyclic) bond motifs is 2. The van der Waals surface area contributed by atoms with E-state index in [0.717, 1.165) is 24.1 Å². The Hall–Kier alpha value is -3.59. The van der Waals surface area contributed by atoms with Gasteiger partial charge in [0.2, 0.25) is 18.2 Å². The van der Waals surface area contributed by atoms with Crippen molar-refractivity contribution in [2.24, 2.45) is 5.92 Å². The quantitative estimate of drug-likeness (QED) is 0.381. The summed E-state index contributed by atoms with van der Waals surface area (Å²) in [4.78, 5) is 35.5. The number of rotatable bonds is 5. The van der Waals surface area contributed by atoms with Gasteiger partial charge in [0.1, 0.15) is 11.4 Å². The van der Waals surface area contributed by atoms with Gasteiger partial charge in [-0.15, -0.1) is 0 Å². The van der Waals surface area contributed by atoms with Crippen LogP contribution < -0.4 is 20.3 Å². The van der Waals surface area contributed by atoms with Crippen molar-refractivity contribution in [1.29, 1.82) is 0 Å². The average molecular weight is 467 g/mol. The molecule has 1 saturated carbocycles. The van der Waals surface area contributed by atoms with Gasteiger partial charge in [-0.2, -0.15) is 0 Å². The molecule has 0 radical (unpaired) electrons. The number of aromatic nitrogens is 2. The summed E-state index contributed by atoms with van der Waals surface area (Å²) in [5, 5.41) is 2.86. The van der Waals surface area contributed by atoms with Crippen molar-refractivity contribution in [2.75, 3.05) is 12.1 Å². The van der Waals surface area contributed by atoms with Gasteiger partial charge in [0, 0.05) is 11.5 Å². The second-order valence-electron chi connectivity index (χ2n) is 7.97. The van der Waals surface area contributed by atoms with Crippen LogP contribution in [0.15, 0.2) is 53.1 Å². The molecule has 3 aromatic heterocycles. The first-order chi connectivity index (χ1) is 15.9. The number of hydrogen-bond acceptors (Lipinski definition) is 6. The third-order valence-electron chi connectivity index (χ3n) is 5.60. The summed E-state index contributed by atoms with van der Waals surface area (Å²) in [5.41, 5.74) is 2.24. The van der Waals surface area contributed by atoms with Gasteiger partial charge in [-0.05, 0) is 49.2 Å². The Kier molecular flexibility index (Phi) is 4.38. The first kappa shape index (κ1) is 20.0. The second kappa shape index (κ2) is 7.21. The fourth-order valence-corrected chi connectivity index (χ4v) is 4.34. The Morgan fingerprint density at radius 2 is 2.00 bits per heavy atom. The van der Waals surface area contributed by atoms with Gasteiger partial charge in [-0.1, -0.05) is 6.07 Å². The highest BCUT2D eigenvalue weighted by atomic mass is 31.2. The fourth-order valence-electron chi connectivity index (χ4n) is 3.85. The van der Waals surface area contributed by atoms with E-state index in [2.05, 4.69) is 10.3 Å². The van der Waals surface area contributed by atoms with Crippen molar-refractivity contribution >= 4 is 30.5 Å². The van der Waals surface area contributed by atoms with Crippen LogP contribution in [0.2, 0.25) is 0 Å². The molecule has 0 saturated heterocycles. The molecule has 0 atom stereocenters. The van der Waals surface area contributed by atoms with E-state index in [0.29, 0.717) is 28.5 Å². The highest BCUT2D eigenvalue weighted by Crippen LogP contribution is 2.46. The Bertz CT molecular complexity index is 1460. The summed E-state index contributed by atoms with van der Waals surface area (Å²) < 4.78 is 30.1. The molecule has 3 N–H and O–H groups in total. The van der Waals surface area contributed by atoms with E-state index in [-0.39, 0.29) is 24.4 Å². The summed E-state index contributed by atoms with van der Waals surface area (Å²) in [6.07, 6.45) is 3.57. The molecule has 4 heterocycles. The maximum absolute atomic E-state index is 12.2. The molecule has 11 heteroatoms. The fraction of sp³-hybridized carbons (Fsp3) is 0.182. The molecule has 4 aromatic rings. The second-order valence-corrected chi connectivity index (χ2v) is 9.50. The minimum atomic E-state index is -4.54. The molecule has 168 valence electrons. The normalized spacial score (nSPS) is 15.2. The van der Waals surface area contributed by atoms with Gasteiger partial charge >= 0.3 is 7.60 Å². The smallest absolute Gasteiger partial charge is 0.391 e. The summed E-state index contributed by atoms with van der Waals surface area (Å²) in [5.74, 6) is 1.67. The van der Waals surface area contributed by atoms with Gasteiger partial charge in [-0.25, -0.2) is 4.98 Å². The van der Waals surface area contributed by atoms with Crippen LogP contribution in [0, 0.1) is 5.92 Å². The van der Waals surface area contributed by atoms with Gasteiger partial charge in [0.05, 0.1) is 17.5 Å². The largest absolute Gasteiger partial charge is 0.454 e. The zero-order chi connectivity index (χ0) is 22.7. The van der Waals surface area contributed by atoms with Crippen LogP contribution in [0.1, 0.15) is 12.8 Å². The molecule has 33 heavy (non-hydrogen) atoms. The number of imidazole rings is 1. The van der Waals surface area contributed by atoms with Crippen molar-refractivity contribution in [1.82, 2.24) is 9.38 Å². The lowest BCUT2D eigenvalue weighted by Crippen LogP contribution is -2.13. The van der Waals surface area contributed by atoms with E-state index in [1.165, 1.54) is 12.1 Å². The number of ether oxygens (including phenoxy) is 2. The first-order valence-electron chi connectivity index (χ1n) is 10.3. The SMILES string of the molecule is O=C(Nc1cn2c(-c3cc4c(c(-c5ccc(P(=O)(O)O)o5)c3)OCO4)cccc2n1)C1CC1. The highest BCUT2D eigenvalue weighted by Gasteiger charge is 2.30. The van der Waals surface area contributed by atoms with Crippen LogP contribution in [-0.4, -0.2) is 31.9 Å². The van der Waals surface area contributed by atoms with Crippen molar-refractivity contribution in [3.8, 4) is 34.1 Å². The number of carbonyl (C=O) groups excluding carboxylic acids is 1. The predicted molar refractivity (Wildman–Crippen MR) is 117 cm³/mol. The molecule has 1 aliphatic heterocycles. The number of furan rings is 1. The van der Waals surface area contributed by atoms with Gasteiger partial charge in [0.15, 0.2) is 17.3 Å². The third kappa shape index (κ3) is 3.58. The molecule has 6 rings (SSSR count). The van der Waals surface area contributed by atoms with E-state index in [4.69, 9.17) is 13.9 Å². The number of hydrogen-bond donors (Lipinski definition) is 3. The molecule has 1 amide bonds. The van der Waals surface area contributed by atoms with Crippen LogP contribution in [0.25, 0.3) is 28.2 Å². The first-order valence-corrected chi connectivity index (χ1v) is 11.9. The van der Waals surface area contributed by atoms with E-state index in [1.807, 2.05) is 28.7 Å². The van der Waals surface area contributed by atoms with E-state index >= 15 is 0 Å². The number of nitrogens with one attached hydrogen (secondary N) is 1.